The lowest BCUT2D eigenvalue weighted by molar-refractivity contribution is 0.0694. The zero-order valence-corrected chi connectivity index (χ0v) is 13.3. The Morgan fingerprint density at radius 3 is 2.33 bits per heavy atom. The van der Waals surface area contributed by atoms with E-state index in [-0.39, 0.29) is 11.9 Å². The number of furan rings is 1. The average molecular weight is 317 g/mol. The summed E-state index contributed by atoms with van der Waals surface area (Å²) in [5.41, 5.74) is 2.43. The Kier molecular flexibility index (Phi) is 3.91. The Bertz CT molecular complexity index is 796. The van der Waals surface area contributed by atoms with Gasteiger partial charge in [0.1, 0.15) is 0 Å². The highest BCUT2D eigenvalue weighted by Gasteiger charge is 2.45. The molecular formula is C21H19NO2. The normalized spacial score (nSPS) is 19.0. The van der Waals surface area contributed by atoms with Crippen LogP contribution in [0.15, 0.2) is 83.5 Å². The SMILES string of the molecule is O=C(c1ccco1)N(Cc1ccccc1)[C@@H]1C[C@@H]1c1ccccc1. The molecule has 1 heterocycles. The number of hydrogen-bond donors (Lipinski definition) is 0. The highest BCUT2D eigenvalue weighted by molar-refractivity contribution is 5.92. The maximum atomic E-state index is 12.9. The van der Waals surface area contributed by atoms with Gasteiger partial charge in [0.25, 0.3) is 5.91 Å². The number of amides is 1. The number of carbonyl (C=O) groups is 1. The van der Waals surface area contributed by atoms with E-state index < -0.39 is 0 Å². The van der Waals surface area contributed by atoms with Gasteiger partial charge in [0.2, 0.25) is 0 Å². The molecule has 1 fully saturated rings. The molecule has 0 radical (unpaired) electrons. The molecule has 0 unspecified atom stereocenters. The molecule has 0 aliphatic heterocycles. The van der Waals surface area contributed by atoms with Crippen LogP contribution in [-0.2, 0) is 6.54 Å². The Hall–Kier alpha value is -2.81. The molecule has 2 atom stereocenters. The van der Waals surface area contributed by atoms with Crippen LogP contribution in [0.3, 0.4) is 0 Å². The van der Waals surface area contributed by atoms with Crippen molar-refractivity contribution >= 4 is 5.91 Å². The molecule has 1 aromatic heterocycles. The first-order valence-corrected chi connectivity index (χ1v) is 8.26. The first kappa shape index (κ1) is 14.8. The van der Waals surface area contributed by atoms with Crippen molar-refractivity contribution in [3.63, 3.8) is 0 Å². The number of nitrogens with zero attached hydrogens (tertiary/aromatic N) is 1. The highest BCUT2D eigenvalue weighted by atomic mass is 16.3. The molecule has 1 saturated carbocycles. The molecule has 0 saturated heterocycles. The van der Waals surface area contributed by atoms with Gasteiger partial charge in [-0.05, 0) is 29.7 Å². The van der Waals surface area contributed by atoms with Crippen molar-refractivity contribution in [3.8, 4) is 0 Å². The van der Waals surface area contributed by atoms with Gasteiger partial charge in [0.15, 0.2) is 5.76 Å². The topological polar surface area (TPSA) is 33.5 Å². The van der Waals surface area contributed by atoms with Crippen LogP contribution >= 0.6 is 0 Å². The maximum Gasteiger partial charge on any atom is 0.290 e. The van der Waals surface area contributed by atoms with Gasteiger partial charge in [-0.1, -0.05) is 60.7 Å². The van der Waals surface area contributed by atoms with E-state index in [9.17, 15) is 4.79 Å². The first-order chi connectivity index (χ1) is 11.8. The molecule has 0 bridgehead atoms. The van der Waals surface area contributed by atoms with Gasteiger partial charge in [-0.15, -0.1) is 0 Å². The molecule has 1 amide bonds. The predicted molar refractivity (Wildman–Crippen MR) is 92.6 cm³/mol. The largest absolute Gasteiger partial charge is 0.459 e. The van der Waals surface area contributed by atoms with Crippen molar-refractivity contribution in [2.24, 2.45) is 0 Å². The van der Waals surface area contributed by atoms with Crippen LogP contribution in [0.4, 0.5) is 0 Å². The van der Waals surface area contributed by atoms with Crippen LogP contribution < -0.4 is 0 Å². The van der Waals surface area contributed by atoms with Crippen molar-refractivity contribution in [3.05, 3.63) is 95.9 Å². The Labute approximate surface area is 141 Å². The predicted octanol–water partition coefficient (Wildman–Crippen LogP) is 4.48. The summed E-state index contributed by atoms with van der Waals surface area (Å²) in [6, 6.07) is 24.3. The molecule has 3 heteroatoms. The molecule has 120 valence electrons. The maximum absolute atomic E-state index is 12.9. The Morgan fingerprint density at radius 1 is 0.958 bits per heavy atom. The van der Waals surface area contributed by atoms with Crippen LogP contribution in [0.25, 0.3) is 0 Å². The van der Waals surface area contributed by atoms with Crippen LogP contribution in [0.5, 0.6) is 0 Å². The van der Waals surface area contributed by atoms with E-state index >= 15 is 0 Å². The van der Waals surface area contributed by atoms with Gasteiger partial charge in [0, 0.05) is 18.5 Å². The molecule has 1 aliphatic carbocycles. The average Bonchev–Trinajstić information content (AvgIpc) is 3.24. The van der Waals surface area contributed by atoms with Crippen LogP contribution in [-0.4, -0.2) is 16.8 Å². The third kappa shape index (κ3) is 2.98. The first-order valence-electron chi connectivity index (χ1n) is 8.26. The summed E-state index contributed by atoms with van der Waals surface area (Å²) in [5, 5.41) is 0. The zero-order chi connectivity index (χ0) is 16.4. The van der Waals surface area contributed by atoms with E-state index in [1.807, 2.05) is 29.2 Å². The number of carbonyl (C=O) groups excluding carboxylic acids is 1. The lowest BCUT2D eigenvalue weighted by Gasteiger charge is -2.22. The third-order valence-corrected chi connectivity index (χ3v) is 4.57. The molecule has 0 spiro atoms. The van der Waals surface area contributed by atoms with E-state index in [1.54, 1.807) is 18.4 Å². The summed E-state index contributed by atoms with van der Waals surface area (Å²) < 4.78 is 5.34. The lowest BCUT2D eigenvalue weighted by atomic mass is 10.1. The molecule has 3 nitrogen and oxygen atoms in total. The second kappa shape index (κ2) is 6.36. The summed E-state index contributed by atoms with van der Waals surface area (Å²) in [6.45, 7) is 0.606. The summed E-state index contributed by atoms with van der Waals surface area (Å²) in [7, 11) is 0. The van der Waals surface area contributed by atoms with E-state index in [0.29, 0.717) is 18.2 Å². The van der Waals surface area contributed by atoms with Crippen molar-refractivity contribution in [1.29, 1.82) is 0 Å². The molecule has 4 rings (SSSR count). The fourth-order valence-corrected chi connectivity index (χ4v) is 3.25. The second-order valence-electron chi connectivity index (χ2n) is 6.22. The summed E-state index contributed by atoms with van der Waals surface area (Å²) >= 11 is 0. The van der Waals surface area contributed by atoms with Gasteiger partial charge >= 0.3 is 0 Å². The summed E-state index contributed by atoms with van der Waals surface area (Å²) in [5.74, 6) is 0.783. The molecular weight excluding hydrogens is 298 g/mol. The number of hydrogen-bond acceptors (Lipinski definition) is 2. The highest BCUT2D eigenvalue weighted by Crippen LogP contribution is 2.45. The third-order valence-electron chi connectivity index (χ3n) is 4.57. The van der Waals surface area contributed by atoms with Gasteiger partial charge in [-0.3, -0.25) is 4.79 Å². The van der Waals surface area contributed by atoms with Crippen molar-refractivity contribution in [2.75, 3.05) is 0 Å². The summed E-state index contributed by atoms with van der Waals surface area (Å²) in [6.07, 6.45) is 2.55. The molecule has 2 aromatic carbocycles. The molecule has 24 heavy (non-hydrogen) atoms. The Morgan fingerprint density at radius 2 is 1.67 bits per heavy atom. The second-order valence-corrected chi connectivity index (χ2v) is 6.22. The van der Waals surface area contributed by atoms with E-state index in [4.69, 9.17) is 4.42 Å². The van der Waals surface area contributed by atoms with Gasteiger partial charge in [0.05, 0.1) is 6.26 Å². The molecule has 1 aliphatic rings. The minimum Gasteiger partial charge on any atom is -0.459 e. The summed E-state index contributed by atoms with van der Waals surface area (Å²) in [4.78, 5) is 14.9. The molecule has 0 N–H and O–H groups in total. The van der Waals surface area contributed by atoms with Crippen molar-refractivity contribution in [2.45, 2.75) is 24.9 Å². The van der Waals surface area contributed by atoms with Crippen LogP contribution in [0.1, 0.15) is 34.0 Å². The fraction of sp³-hybridized carbons (Fsp3) is 0.190. The van der Waals surface area contributed by atoms with Gasteiger partial charge in [-0.25, -0.2) is 0 Å². The fourth-order valence-electron chi connectivity index (χ4n) is 3.25. The zero-order valence-electron chi connectivity index (χ0n) is 13.3. The van der Waals surface area contributed by atoms with Crippen LogP contribution in [0.2, 0.25) is 0 Å². The Balaban J connectivity index is 1.58. The van der Waals surface area contributed by atoms with E-state index in [1.165, 1.54) is 5.56 Å². The van der Waals surface area contributed by atoms with Crippen LogP contribution in [0, 0.1) is 0 Å². The molecule has 3 aromatic rings. The monoisotopic (exact) mass is 317 g/mol. The van der Waals surface area contributed by atoms with Crippen molar-refractivity contribution in [1.82, 2.24) is 4.90 Å². The quantitative estimate of drug-likeness (QED) is 0.695. The number of benzene rings is 2. The van der Waals surface area contributed by atoms with Crippen molar-refractivity contribution < 1.29 is 9.21 Å². The minimum atomic E-state index is -0.0349. The standard InChI is InChI=1S/C21H19NO2/c23-21(20-12-7-13-24-20)22(15-16-8-3-1-4-9-16)19-14-18(19)17-10-5-2-6-11-17/h1-13,18-19H,14-15H2/t18-,19-/m1/s1. The van der Waals surface area contributed by atoms with Gasteiger partial charge in [-0.2, -0.15) is 0 Å². The van der Waals surface area contributed by atoms with E-state index in [2.05, 4.69) is 36.4 Å². The number of rotatable bonds is 5. The van der Waals surface area contributed by atoms with E-state index in [0.717, 1.165) is 12.0 Å². The van der Waals surface area contributed by atoms with Gasteiger partial charge < -0.3 is 9.32 Å². The smallest absolute Gasteiger partial charge is 0.290 e. The minimum absolute atomic E-state index is 0.0349. The lowest BCUT2D eigenvalue weighted by Crippen LogP contribution is -2.33.